The van der Waals surface area contributed by atoms with Crippen molar-refractivity contribution in [2.75, 3.05) is 27.3 Å². The molecule has 1 amide bonds. The SMILES string of the molecule is COCCN(C)C(=O)O[C@@H](C)[C@H]1CC[C@H]2[C@@H]3CC=C4C[C@@H](O)CC[C@]4(C)[C@H]3CC[C@]12C. The predicted octanol–water partition coefficient (Wildman–Crippen LogP) is 5.03. The highest BCUT2D eigenvalue weighted by atomic mass is 16.6. The van der Waals surface area contributed by atoms with E-state index in [1.165, 1.54) is 31.3 Å². The van der Waals surface area contributed by atoms with Crippen molar-refractivity contribution in [3.05, 3.63) is 11.6 Å². The summed E-state index contributed by atoms with van der Waals surface area (Å²) in [5, 5.41) is 10.2. The fraction of sp³-hybridized carbons (Fsp3) is 0.885. The molecule has 0 aromatic rings. The zero-order valence-corrected chi connectivity index (χ0v) is 20.2. The van der Waals surface area contributed by atoms with E-state index in [0.29, 0.717) is 25.0 Å². The molecule has 1 N–H and O–H groups in total. The van der Waals surface area contributed by atoms with Crippen LogP contribution in [0.3, 0.4) is 0 Å². The number of carbonyl (C=O) groups is 1. The maximum Gasteiger partial charge on any atom is 0.409 e. The summed E-state index contributed by atoms with van der Waals surface area (Å²) >= 11 is 0. The number of aliphatic hydroxyl groups excluding tert-OH is 1. The number of likely N-dealkylation sites (N-methyl/N-ethyl adjacent to an activating group) is 1. The first-order valence-electron chi connectivity index (χ1n) is 12.5. The third-order valence-electron chi connectivity index (χ3n) is 9.95. The van der Waals surface area contributed by atoms with Crippen LogP contribution < -0.4 is 0 Å². The molecule has 31 heavy (non-hydrogen) atoms. The molecule has 0 saturated heterocycles. The molecule has 0 aliphatic heterocycles. The highest BCUT2D eigenvalue weighted by Crippen LogP contribution is 2.66. The van der Waals surface area contributed by atoms with Crippen molar-refractivity contribution >= 4 is 6.09 Å². The molecule has 4 aliphatic rings. The molecule has 0 spiro atoms. The Kier molecular flexibility index (Phi) is 6.48. The normalized spacial score (nSPS) is 42.6. The van der Waals surface area contributed by atoms with Crippen LogP contribution in [0.15, 0.2) is 11.6 Å². The number of allylic oxidation sites excluding steroid dienone is 1. The number of aliphatic hydroxyl groups is 1. The van der Waals surface area contributed by atoms with E-state index < -0.39 is 0 Å². The van der Waals surface area contributed by atoms with Crippen molar-refractivity contribution in [3.8, 4) is 0 Å². The van der Waals surface area contributed by atoms with Gasteiger partial charge in [0.1, 0.15) is 6.10 Å². The van der Waals surface area contributed by atoms with Gasteiger partial charge >= 0.3 is 6.09 Å². The quantitative estimate of drug-likeness (QED) is 0.618. The van der Waals surface area contributed by atoms with Gasteiger partial charge in [0.15, 0.2) is 0 Å². The number of ether oxygens (including phenoxy) is 2. The summed E-state index contributed by atoms with van der Waals surface area (Å²) in [5.74, 6) is 2.63. The van der Waals surface area contributed by atoms with Gasteiger partial charge in [0.05, 0.1) is 12.7 Å². The lowest BCUT2D eigenvalue weighted by Crippen LogP contribution is -2.51. The van der Waals surface area contributed by atoms with Gasteiger partial charge in [-0.15, -0.1) is 0 Å². The van der Waals surface area contributed by atoms with Crippen molar-refractivity contribution in [1.29, 1.82) is 0 Å². The molecule has 0 heterocycles. The number of methoxy groups -OCH3 is 1. The molecule has 0 aromatic heterocycles. The molecule has 4 aliphatic carbocycles. The first-order chi connectivity index (χ1) is 14.7. The molecular formula is C26H43NO4. The van der Waals surface area contributed by atoms with E-state index in [4.69, 9.17) is 9.47 Å². The summed E-state index contributed by atoms with van der Waals surface area (Å²) in [7, 11) is 3.43. The number of fused-ring (bicyclic) bond motifs is 5. The van der Waals surface area contributed by atoms with Gasteiger partial charge in [0, 0.05) is 26.6 Å². The van der Waals surface area contributed by atoms with Gasteiger partial charge in [-0.1, -0.05) is 25.5 Å². The molecular weight excluding hydrogens is 390 g/mol. The van der Waals surface area contributed by atoms with Gasteiger partial charge in [0.25, 0.3) is 0 Å². The van der Waals surface area contributed by atoms with Crippen LogP contribution in [-0.4, -0.2) is 55.6 Å². The Morgan fingerprint density at radius 3 is 2.74 bits per heavy atom. The van der Waals surface area contributed by atoms with E-state index in [0.717, 1.165) is 37.5 Å². The van der Waals surface area contributed by atoms with Crippen LogP contribution in [0, 0.1) is 34.5 Å². The van der Waals surface area contributed by atoms with Crippen LogP contribution in [0.4, 0.5) is 4.79 Å². The van der Waals surface area contributed by atoms with E-state index >= 15 is 0 Å². The molecule has 4 rings (SSSR count). The zero-order chi connectivity index (χ0) is 22.4. The van der Waals surface area contributed by atoms with Crippen LogP contribution in [0.1, 0.15) is 72.1 Å². The Balaban J connectivity index is 1.46. The third kappa shape index (κ3) is 3.94. The summed E-state index contributed by atoms with van der Waals surface area (Å²) in [6, 6.07) is 0. The number of amides is 1. The first kappa shape index (κ1) is 23.1. The van der Waals surface area contributed by atoms with Gasteiger partial charge in [0.2, 0.25) is 0 Å². The number of carbonyl (C=O) groups excluding carboxylic acids is 1. The Bertz CT molecular complexity index is 708. The number of nitrogens with zero attached hydrogens (tertiary/aromatic N) is 1. The Labute approximate surface area is 188 Å². The fourth-order valence-electron chi connectivity index (χ4n) is 8.10. The van der Waals surface area contributed by atoms with E-state index in [-0.39, 0.29) is 29.1 Å². The van der Waals surface area contributed by atoms with Crippen molar-refractivity contribution in [2.24, 2.45) is 34.5 Å². The molecule has 5 heteroatoms. The Hall–Kier alpha value is -1.07. The molecule has 0 aromatic carbocycles. The van der Waals surface area contributed by atoms with E-state index in [1.54, 1.807) is 19.1 Å². The lowest BCUT2D eigenvalue weighted by molar-refractivity contribution is -0.0713. The minimum absolute atomic E-state index is 0.0563. The molecule has 0 unspecified atom stereocenters. The van der Waals surface area contributed by atoms with Gasteiger partial charge in [-0.25, -0.2) is 4.79 Å². The molecule has 0 bridgehead atoms. The highest BCUT2D eigenvalue weighted by Gasteiger charge is 2.59. The second-order valence-electron chi connectivity index (χ2n) is 11.4. The lowest BCUT2D eigenvalue weighted by Gasteiger charge is -2.58. The molecule has 176 valence electrons. The van der Waals surface area contributed by atoms with E-state index in [1.807, 2.05) is 0 Å². The largest absolute Gasteiger partial charge is 0.446 e. The average Bonchev–Trinajstić information content (AvgIpc) is 3.09. The number of hydrogen-bond acceptors (Lipinski definition) is 4. The van der Waals surface area contributed by atoms with Crippen molar-refractivity contribution in [2.45, 2.75) is 84.3 Å². The van der Waals surface area contributed by atoms with Gasteiger partial charge in [-0.05, 0) is 86.9 Å². The van der Waals surface area contributed by atoms with E-state index in [9.17, 15) is 9.90 Å². The molecule has 3 fully saturated rings. The summed E-state index contributed by atoms with van der Waals surface area (Å²) in [6.45, 7) is 8.15. The van der Waals surface area contributed by atoms with Crippen LogP contribution in [0.2, 0.25) is 0 Å². The second-order valence-corrected chi connectivity index (χ2v) is 11.4. The summed E-state index contributed by atoms with van der Waals surface area (Å²) < 4.78 is 11.0. The number of hydrogen-bond donors (Lipinski definition) is 1. The van der Waals surface area contributed by atoms with Crippen molar-refractivity contribution in [1.82, 2.24) is 4.90 Å². The van der Waals surface area contributed by atoms with Crippen LogP contribution >= 0.6 is 0 Å². The van der Waals surface area contributed by atoms with Crippen molar-refractivity contribution < 1.29 is 19.4 Å². The maximum atomic E-state index is 12.6. The third-order valence-corrected chi connectivity index (χ3v) is 9.95. The van der Waals surface area contributed by atoms with Crippen molar-refractivity contribution in [3.63, 3.8) is 0 Å². The minimum Gasteiger partial charge on any atom is -0.446 e. The lowest BCUT2D eigenvalue weighted by atomic mass is 9.47. The molecule has 0 radical (unpaired) electrons. The Morgan fingerprint density at radius 2 is 2.00 bits per heavy atom. The molecule has 3 saturated carbocycles. The summed E-state index contributed by atoms with van der Waals surface area (Å²) in [5.41, 5.74) is 2.07. The Morgan fingerprint density at radius 1 is 1.23 bits per heavy atom. The predicted molar refractivity (Wildman–Crippen MR) is 122 cm³/mol. The minimum atomic E-state index is -0.233. The first-order valence-corrected chi connectivity index (χ1v) is 12.5. The summed E-state index contributed by atoms with van der Waals surface area (Å²) in [4.78, 5) is 14.2. The maximum absolute atomic E-state index is 12.6. The van der Waals surface area contributed by atoms with Gasteiger partial charge in [-0.2, -0.15) is 0 Å². The average molecular weight is 434 g/mol. The van der Waals surface area contributed by atoms with Gasteiger partial charge in [-0.3, -0.25) is 0 Å². The monoisotopic (exact) mass is 433 g/mol. The van der Waals surface area contributed by atoms with Crippen LogP contribution in [-0.2, 0) is 9.47 Å². The van der Waals surface area contributed by atoms with Gasteiger partial charge < -0.3 is 19.5 Å². The topological polar surface area (TPSA) is 59.0 Å². The molecule has 5 nitrogen and oxygen atoms in total. The fourth-order valence-corrected chi connectivity index (χ4v) is 8.10. The van der Waals surface area contributed by atoms with Crippen LogP contribution in [0.25, 0.3) is 0 Å². The zero-order valence-electron chi connectivity index (χ0n) is 20.2. The molecule has 8 atom stereocenters. The van der Waals surface area contributed by atoms with Crippen LogP contribution in [0.5, 0.6) is 0 Å². The number of rotatable bonds is 5. The second kappa shape index (κ2) is 8.70. The summed E-state index contributed by atoms with van der Waals surface area (Å²) in [6.07, 6.45) is 11.1. The smallest absolute Gasteiger partial charge is 0.409 e. The highest BCUT2D eigenvalue weighted by molar-refractivity contribution is 5.67. The van der Waals surface area contributed by atoms with E-state index in [2.05, 4.69) is 26.8 Å². The standard InChI is InChI=1S/C26H43NO4/c1-17(31-24(29)27(4)14-15-30-5)21-8-9-22-20-7-6-18-16-19(28)10-12-25(18,2)23(20)11-13-26(21,22)3/h6,17,19-23,28H,7-16H2,1-5H3/t17-,19-,20-,21+,22-,23-,25-,26+/m0/s1.